The van der Waals surface area contributed by atoms with Crippen LogP contribution in [0, 0.1) is 5.92 Å². The molecule has 0 saturated carbocycles. The normalized spacial score (nSPS) is 19.2. The fourth-order valence-corrected chi connectivity index (χ4v) is 4.24. The lowest BCUT2D eigenvalue weighted by Crippen LogP contribution is -2.39. The predicted molar refractivity (Wildman–Crippen MR) is 129 cm³/mol. The average Bonchev–Trinajstić information content (AvgIpc) is 3.37. The average molecular weight is 475 g/mol. The Hall–Kier alpha value is -4.17. The Kier molecular flexibility index (Phi) is 5.51. The highest BCUT2D eigenvalue weighted by Crippen LogP contribution is 2.38. The maximum atomic E-state index is 13.5. The van der Waals surface area contributed by atoms with Gasteiger partial charge in [-0.1, -0.05) is 29.8 Å². The van der Waals surface area contributed by atoms with Crippen LogP contribution in [0.25, 0.3) is 0 Å². The maximum absolute atomic E-state index is 13.5. The first-order valence-electron chi connectivity index (χ1n) is 10.5. The first-order chi connectivity index (χ1) is 16.5. The van der Waals surface area contributed by atoms with Gasteiger partial charge in [0.1, 0.15) is 23.4 Å². The van der Waals surface area contributed by atoms with Gasteiger partial charge in [-0.25, -0.2) is 4.90 Å². The van der Waals surface area contributed by atoms with Crippen molar-refractivity contribution < 1.29 is 19.1 Å². The van der Waals surface area contributed by atoms with E-state index in [2.05, 4.69) is 10.4 Å². The number of hydrogen-bond donors (Lipinski definition) is 1. The third-order valence-electron chi connectivity index (χ3n) is 5.74. The van der Waals surface area contributed by atoms with Gasteiger partial charge < -0.3 is 10.1 Å². The Morgan fingerprint density at radius 3 is 2.21 bits per heavy atom. The second-order valence-corrected chi connectivity index (χ2v) is 8.20. The first kappa shape index (κ1) is 21.7. The zero-order valence-corrected chi connectivity index (χ0v) is 18.8. The molecule has 2 aliphatic heterocycles. The van der Waals surface area contributed by atoms with Gasteiger partial charge in [0, 0.05) is 10.7 Å². The minimum atomic E-state index is -1.06. The van der Waals surface area contributed by atoms with Gasteiger partial charge in [-0.05, 0) is 60.7 Å². The molecule has 1 N–H and O–H groups in total. The number of imide groups is 1. The van der Waals surface area contributed by atoms with Crippen molar-refractivity contribution in [3.63, 3.8) is 0 Å². The van der Waals surface area contributed by atoms with Gasteiger partial charge in [0.2, 0.25) is 5.91 Å². The van der Waals surface area contributed by atoms with E-state index < -0.39 is 29.7 Å². The molecular formula is C25H19ClN4O4. The summed E-state index contributed by atoms with van der Waals surface area (Å²) in [5.74, 6) is -2.00. The molecule has 0 radical (unpaired) electrons. The van der Waals surface area contributed by atoms with Crippen molar-refractivity contribution in [3.8, 4) is 5.75 Å². The highest BCUT2D eigenvalue weighted by molar-refractivity contribution is 6.51. The molecule has 0 spiro atoms. The molecule has 9 heteroatoms. The van der Waals surface area contributed by atoms with Crippen molar-refractivity contribution in [1.82, 2.24) is 0 Å². The number of methoxy groups -OCH3 is 1. The van der Waals surface area contributed by atoms with E-state index in [0.29, 0.717) is 27.8 Å². The molecular weight excluding hydrogens is 456 g/mol. The molecule has 3 aromatic carbocycles. The molecule has 0 bridgehead atoms. The van der Waals surface area contributed by atoms with Crippen molar-refractivity contribution in [3.05, 3.63) is 83.9 Å². The molecule has 2 unspecified atom stereocenters. The monoisotopic (exact) mass is 474 g/mol. The number of carbonyl (C=O) groups excluding carboxylic acids is 3. The number of amides is 3. The molecule has 0 aromatic heterocycles. The van der Waals surface area contributed by atoms with Gasteiger partial charge in [0.15, 0.2) is 0 Å². The SMILES string of the molecule is COc1ccc(N2C(=O)C3C(C(=O)Nc4ccccc4)=NN(c4ccc(Cl)cc4)C3C2=O)cc1. The zero-order chi connectivity index (χ0) is 23.8. The molecule has 0 aliphatic carbocycles. The summed E-state index contributed by atoms with van der Waals surface area (Å²) in [5, 5.41) is 9.13. The Morgan fingerprint density at radius 2 is 1.56 bits per heavy atom. The Balaban J connectivity index is 1.54. The largest absolute Gasteiger partial charge is 0.497 e. The summed E-state index contributed by atoms with van der Waals surface area (Å²) in [7, 11) is 1.53. The van der Waals surface area contributed by atoms with Gasteiger partial charge in [0.05, 0.1) is 18.5 Å². The highest BCUT2D eigenvalue weighted by Gasteiger charge is 2.58. The second kappa shape index (κ2) is 8.64. The van der Waals surface area contributed by atoms with E-state index in [0.717, 1.165) is 4.90 Å². The molecule has 3 amide bonds. The summed E-state index contributed by atoms with van der Waals surface area (Å²) in [5.41, 5.74) is 1.46. The van der Waals surface area contributed by atoms with Crippen LogP contribution in [0.5, 0.6) is 5.75 Å². The molecule has 34 heavy (non-hydrogen) atoms. The molecule has 3 aromatic rings. The predicted octanol–water partition coefficient (Wildman–Crippen LogP) is 3.72. The zero-order valence-electron chi connectivity index (χ0n) is 18.0. The lowest BCUT2D eigenvalue weighted by atomic mass is 9.97. The van der Waals surface area contributed by atoms with E-state index in [9.17, 15) is 14.4 Å². The molecule has 1 fully saturated rings. The number of halogens is 1. The molecule has 2 heterocycles. The van der Waals surface area contributed by atoms with E-state index in [1.807, 2.05) is 6.07 Å². The third-order valence-corrected chi connectivity index (χ3v) is 5.99. The fourth-order valence-electron chi connectivity index (χ4n) is 4.11. The van der Waals surface area contributed by atoms with Crippen LogP contribution in [-0.2, 0) is 14.4 Å². The van der Waals surface area contributed by atoms with E-state index in [-0.39, 0.29) is 5.71 Å². The van der Waals surface area contributed by atoms with Gasteiger partial charge in [-0.15, -0.1) is 0 Å². The molecule has 2 atom stereocenters. The molecule has 170 valence electrons. The molecule has 5 rings (SSSR count). The van der Waals surface area contributed by atoms with Crippen LogP contribution in [0.15, 0.2) is 84.0 Å². The van der Waals surface area contributed by atoms with Crippen LogP contribution < -0.4 is 20.0 Å². The smallest absolute Gasteiger partial charge is 0.272 e. The topological polar surface area (TPSA) is 91.3 Å². The highest BCUT2D eigenvalue weighted by atomic mass is 35.5. The number of hydrogen-bond acceptors (Lipinski definition) is 6. The maximum Gasteiger partial charge on any atom is 0.272 e. The first-order valence-corrected chi connectivity index (χ1v) is 10.9. The Labute approximate surface area is 200 Å². The minimum absolute atomic E-state index is 0.0295. The summed E-state index contributed by atoms with van der Waals surface area (Å²) < 4.78 is 5.17. The van der Waals surface area contributed by atoms with Gasteiger partial charge in [-0.3, -0.25) is 19.4 Å². The van der Waals surface area contributed by atoms with Crippen molar-refractivity contribution >= 4 is 52.1 Å². The van der Waals surface area contributed by atoms with E-state index in [4.69, 9.17) is 16.3 Å². The molecule has 1 saturated heterocycles. The van der Waals surface area contributed by atoms with Crippen LogP contribution in [0.4, 0.5) is 17.1 Å². The van der Waals surface area contributed by atoms with Gasteiger partial charge in [0.25, 0.3) is 11.8 Å². The summed E-state index contributed by atoms with van der Waals surface area (Å²) >= 11 is 6.02. The quantitative estimate of drug-likeness (QED) is 0.569. The van der Waals surface area contributed by atoms with Crippen LogP contribution >= 0.6 is 11.6 Å². The van der Waals surface area contributed by atoms with E-state index in [1.54, 1.807) is 72.8 Å². The van der Waals surface area contributed by atoms with Crippen molar-refractivity contribution in [2.45, 2.75) is 6.04 Å². The third kappa shape index (κ3) is 3.68. The van der Waals surface area contributed by atoms with Crippen LogP contribution in [0.3, 0.4) is 0 Å². The lowest BCUT2D eigenvalue weighted by Gasteiger charge is -2.22. The standard InChI is InChI=1S/C25H19ClN4O4/c1-34-19-13-11-17(12-14-19)29-24(32)20-21(23(31)27-16-5-3-2-4-6-16)28-30(22(20)25(29)33)18-9-7-15(26)8-10-18/h2-14,20,22H,1H3,(H,27,31). The van der Waals surface area contributed by atoms with Crippen LogP contribution in [0.1, 0.15) is 0 Å². The number of hydrazone groups is 1. The van der Waals surface area contributed by atoms with Crippen molar-refractivity contribution in [1.29, 1.82) is 0 Å². The molecule has 8 nitrogen and oxygen atoms in total. The number of nitrogens with one attached hydrogen (secondary N) is 1. The summed E-state index contributed by atoms with van der Waals surface area (Å²) in [6, 6.07) is 21.1. The van der Waals surface area contributed by atoms with Crippen LogP contribution in [0.2, 0.25) is 5.02 Å². The van der Waals surface area contributed by atoms with Gasteiger partial charge >= 0.3 is 0 Å². The van der Waals surface area contributed by atoms with E-state index in [1.165, 1.54) is 12.1 Å². The number of benzene rings is 3. The fraction of sp³-hybridized carbons (Fsp3) is 0.120. The minimum Gasteiger partial charge on any atom is -0.497 e. The van der Waals surface area contributed by atoms with Crippen molar-refractivity contribution in [2.24, 2.45) is 11.0 Å². The number of para-hydroxylation sites is 1. The number of anilines is 3. The Morgan fingerprint density at radius 1 is 0.912 bits per heavy atom. The summed E-state index contributed by atoms with van der Waals surface area (Å²) in [4.78, 5) is 41.3. The van der Waals surface area contributed by atoms with Gasteiger partial charge in [-0.2, -0.15) is 5.10 Å². The number of carbonyl (C=O) groups is 3. The number of rotatable bonds is 5. The van der Waals surface area contributed by atoms with Crippen LogP contribution in [-0.4, -0.2) is 36.6 Å². The lowest BCUT2D eigenvalue weighted by molar-refractivity contribution is -0.122. The van der Waals surface area contributed by atoms with E-state index >= 15 is 0 Å². The number of ether oxygens (including phenoxy) is 1. The van der Waals surface area contributed by atoms with Crippen molar-refractivity contribution in [2.75, 3.05) is 22.3 Å². The molecule has 2 aliphatic rings. The number of nitrogens with zero attached hydrogens (tertiary/aromatic N) is 3. The second-order valence-electron chi connectivity index (χ2n) is 7.76. The summed E-state index contributed by atoms with van der Waals surface area (Å²) in [6.07, 6.45) is 0. The Bertz CT molecular complexity index is 1290. The number of fused-ring (bicyclic) bond motifs is 1. The summed E-state index contributed by atoms with van der Waals surface area (Å²) in [6.45, 7) is 0.